The molecule has 1 fully saturated rings. The Morgan fingerprint density at radius 3 is 2.76 bits per heavy atom. The highest BCUT2D eigenvalue weighted by Gasteiger charge is 2.18. The summed E-state index contributed by atoms with van der Waals surface area (Å²) in [6.07, 6.45) is 0. The molecule has 2 N–H and O–H groups in total. The maximum Gasteiger partial charge on any atom is 0.251 e. The molecule has 0 spiro atoms. The van der Waals surface area contributed by atoms with E-state index < -0.39 is 0 Å². The maximum absolute atomic E-state index is 11.9. The van der Waals surface area contributed by atoms with Crippen LogP contribution in [0.2, 0.25) is 0 Å². The number of halogens is 2. The highest BCUT2D eigenvalue weighted by atomic mass is 79.9. The summed E-state index contributed by atoms with van der Waals surface area (Å²) in [5.74, 6) is 0.622. The summed E-state index contributed by atoms with van der Waals surface area (Å²) >= 11 is 3.39. The largest absolute Gasteiger partial charge is 0.352 e. The first kappa shape index (κ1) is 14.5. The number of hydrogen-bond donors (Lipinski definition) is 2. The SMILES string of the molecule is Cc1cc(Br)ccc1C(=O)NCC1CNC1.Cl. The van der Waals surface area contributed by atoms with Crippen molar-refractivity contribution in [3.63, 3.8) is 0 Å². The first-order valence-corrected chi connectivity index (χ1v) is 6.21. The Kier molecular flexibility index (Phi) is 5.43. The Bertz CT molecular complexity index is 407. The average molecular weight is 320 g/mol. The van der Waals surface area contributed by atoms with Gasteiger partial charge in [0.25, 0.3) is 5.91 Å². The molecule has 1 aromatic carbocycles. The van der Waals surface area contributed by atoms with Crippen molar-refractivity contribution in [2.45, 2.75) is 6.92 Å². The van der Waals surface area contributed by atoms with Crippen molar-refractivity contribution in [2.24, 2.45) is 5.92 Å². The summed E-state index contributed by atoms with van der Waals surface area (Å²) in [7, 11) is 0. The Labute approximate surface area is 116 Å². The van der Waals surface area contributed by atoms with Gasteiger partial charge in [-0.1, -0.05) is 15.9 Å². The zero-order valence-electron chi connectivity index (χ0n) is 9.63. The third-order valence-corrected chi connectivity index (χ3v) is 3.34. The van der Waals surface area contributed by atoms with Gasteiger partial charge >= 0.3 is 0 Å². The van der Waals surface area contributed by atoms with Crippen molar-refractivity contribution < 1.29 is 4.79 Å². The van der Waals surface area contributed by atoms with E-state index in [-0.39, 0.29) is 18.3 Å². The molecule has 5 heteroatoms. The van der Waals surface area contributed by atoms with E-state index in [1.807, 2.05) is 25.1 Å². The highest BCUT2D eigenvalue weighted by molar-refractivity contribution is 9.10. The Morgan fingerprint density at radius 1 is 1.53 bits per heavy atom. The van der Waals surface area contributed by atoms with E-state index in [2.05, 4.69) is 26.6 Å². The van der Waals surface area contributed by atoms with E-state index in [0.29, 0.717) is 5.92 Å². The molecule has 0 aromatic heterocycles. The molecular weight excluding hydrogens is 304 g/mol. The molecule has 1 aliphatic heterocycles. The van der Waals surface area contributed by atoms with Crippen molar-refractivity contribution in [3.05, 3.63) is 33.8 Å². The predicted octanol–water partition coefficient (Wildman–Crippen LogP) is 2.13. The number of amides is 1. The second-order valence-corrected chi connectivity index (χ2v) is 5.11. The molecule has 2 rings (SSSR count). The average Bonchev–Trinajstić information content (AvgIpc) is 2.14. The fourth-order valence-electron chi connectivity index (χ4n) is 1.71. The number of carbonyl (C=O) groups is 1. The molecule has 1 amide bonds. The van der Waals surface area contributed by atoms with Gasteiger partial charge in [-0.05, 0) is 30.7 Å². The summed E-state index contributed by atoms with van der Waals surface area (Å²) in [4.78, 5) is 11.9. The van der Waals surface area contributed by atoms with Gasteiger partial charge in [0.15, 0.2) is 0 Å². The van der Waals surface area contributed by atoms with Crippen LogP contribution in [0, 0.1) is 12.8 Å². The van der Waals surface area contributed by atoms with Crippen molar-refractivity contribution in [3.8, 4) is 0 Å². The molecule has 0 atom stereocenters. The van der Waals surface area contributed by atoms with E-state index in [0.717, 1.165) is 35.2 Å². The van der Waals surface area contributed by atoms with Gasteiger partial charge < -0.3 is 10.6 Å². The predicted molar refractivity (Wildman–Crippen MR) is 74.8 cm³/mol. The number of hydrogen-bond acceptors (Lipinski definition) is 2. The van der Waals surface area contributed by atoms with Crippen LogP contribution in [-0.4, -0.2) is 25.5 Å². The number of rotatable bonds is 3. The minimum Gasteiger partial charge on any atom is -0.352 e. The van der Waals surface area contributed by atoms with Gasteiger partial charge in [0, 0.05) is 35.6 Å². The molecule has 1 aromatic rings. The van der Waals surface area contributed by atoms with Gasteiger partial charge in [0.2, 0.25) is 0 Å². The van der Waals surface area contributed by atoms with Gasteiger partial charge in [-0.2, -0.15) is 0 Å². The number of benzene rings is 1. The summed E-state index contributed by atoms with van der Waals surface area (Å²) in [6, 6.07) is 5.71. The number of nitrogens with one attached hydrogen (secondary N) is 2. The quantitative estimate of drug-likeness (QED) is 0.896. The van der Waals surface area contributed by atoms with Gasteiger partial charge in [-0.25, -0.2) is 0 Å². The molecule has 1 saturated heterocycles. The lowest BCUT2D eigenvalue weighted by atomic mass is 10.0. The lowest BCUT2D eigenvalue weighted by molar-refractivity contribution is 0.0941. The summed E-state index contributed by atoms with van der Waals surface area (Å²) in [5, 5.41) is 6.15. The Hall–Kier alpha value is -0.580. The standard InChI is InChI=1S/C12H15BrN2O.ClH/c1-8-4-10(13)2-3-11(8)12(16)15-7-9-5-14-6-9;/h2-4,9,14H,5-7H2,1H3,(H,15,16);1H. The topological polar surface area (TPSA) is 41.1 Å². The van der Waals surface area contributed by atoms with Crippen LogP contribution < -0.4 is 10.6 Å². The maximum atomic E-state index is 11.9. The molecule has 0 unspecified atom stereocenters. The Balaban J connectivity index is 0.00000144. The third-order valence-electron chi connectivity index (χ3n) is 2.85. The van der Waals surface area contributed by atoms with Crippen LogP contribution in [0.15, 0.2) is 22.7 Å². The number of aryl methyl sites for hydroxylation is 1. The van der Waals surface area contributed by atoms with Crippen LogP contribution in [-0.2, 0) is 0 Å². The molecule has 94 valence electrons. The number of carbonyl (C=O) groups excluding carboxylic acids is 1. The normalized spacial score (nSPS) is 14.7. The first-order valence-electron chi connectivity index (χ1n) is 5.42. The van der Waals surface area contributed by atoms with E-state index in [1.54, 1.807) is 0 Å². The van der Waals surface area contributed by atoms with Crippen LogP contribution >= 0.6 is 28.3 Å². The van der Waals surface area contributed by atoms with E-state index >= 15 is 0 Å². The highest BCUT2D eigenvalue weighted by Crippen LogP contribution is 2.15. The van der Waals surface area contributed by atoms with Crippen molar-refractivity contribution in [2.75, 3.05) is 19.6 Å². The molecule has 3 nitrogen and oxygen atoms in total. The first-order chi connectivity index (χ1) is 7.66. The zero-order chi connectivity index (χ0) is 11.5. The monoisotopic (exact) mass is 318 g/mol. The van der Waals surface area contributed by atoms with E-state index in [1.165, 1.54) is 0 Å². The van der Waals surface area contributed by atoms with Crippen LogP contribution in [0.3, 0.4) is 0 Å². The molecule has 17 heavy (non-hydrogen) atoms. The van der Waals surface area contributed by atoms with Gasteiger partial charge in [0.1, 0.15) is 0 Å². The van der Waals surface area contributed by atoms with Crippen LogP contribution in [0.25, 0.3) is 0 Å². The van der Waals surface area contributed by atoms with E-state index in [4.69, 9.17) is 0 Å². The van der Waals surface area contributed by atoms with Crippen molar-refractivity contribution in [1.29, 1.82) is 0 Å². The van der Waals surface area contributed by atoms with Crippen LogP contribution in [0.5, 0.6) is 0 Å². The second-order valence-electron chi connectivity index (χ2n) is 4.19. The zero-order valence-corrected chi connectivity index (χ0v) is 12.0. The fraction of sp³-hybridized carbons (Fsp3) is 0.417. The molecule has 0 aliphatic carbocycles. The van der Waals surface area contributed by atoms with Gasteiger partial charge in [-0.3, -0.25) is 4.79 Å². The molecule has 0 saturated carbocycles. The summed E-state index contributed by atoms with van der Waals surface area (Å²) in [5.41, 5.74) is 1.76. The minimum absolute atomic E-state index is 0. The molecular formula is C12H16BrClN2O. The summed E-state index contributed by atoms with van der Waals surface area (Å²) < 4.78 is 1.00. The molecule has 0 radical (unpaired) electrons. The molecule has 1 aliphatic rings. The lowest BCUT2D eigenvalue weighted by Gasteiger charge is -2.27. The lowest BCUT2D eigenvalue weighted by Crippen LogP contribution is -2.48. The minimum atomic E-state index is 0. The van der Waals surface area contributed by atoms with Crippen molar-refractivity contribution >= 4 is 34.2 Å². The van der Waals surface area contributed by atoms with Crippen molar-refractivity contribution in [1.82, 2.24) is 10.6 Å². The second kappa shape index (κ2) is 6.38. The molecule has 0 bridgehead atoms. The fourth-order valence-corrected chi connectivity index (χ4v) is 2.18. The molecule has 1 heterocycles. The van der Waals surface area contributed by atoms with Crippen LogP contribution in [0.4, 0.5) is 0 Å². The Morgan fingerprint density at radius 2 is 2.24 bits per heavy atom. The third kappa shape index (κ3) is 3.69. The summed E-state index contributed by atoms with van der Waals surface area (Å²) in [6.45, 7) is 4.74. The smallest absolute Gasteiger partial charge is 0.251 e. The van der Waals surface area contributed by atoms with E-state index in [9.17, 15) is 4.79 Å². The van der Waals surface area contributed by atoms with Gasteiger partial charge in [-0.15, -0.1) is 12.4 Å². The van der Waals surface area contributed by atoms with Gasteiger partial charge in [0.05, 0.1) is 0 Å². The van der Waals surface area contributed by atoms with Crippen LogP contribution in [0.1, 0.15) is 15.9 Å².